The molecule has 32 heavy (non-hydrogen) atoms. The molecule has 0 aliphatic carbocycles. The molecule has 0 aliphatic heterocycles. The molecule has 0 aliphatic rings. The van der Waals surface area contributed by atoms with Crippen LogP contribution in [-0.2, 0) is 0 Å². The second-order valence-electron chi connectivity index (χ2n) is 6.95. The molecule has 2 heterocycles. The number of nitrogen functional groups attached to an aromatic ring is 1. The Bertz CT molecular complexity index is 1190. The number of aromatic nitrogens is 3. The second kappa shape index (κ2) is 10.2. The Morgan fingerprint density at radius 1 is 0.938 bits per heavy atom. The average molecular weight is 425 g/mol. The van der Waals surface area contributed by atoms with Crippen LogP contribution in [0.4, 0.5) is 17.5 Å². The van der Waals surface area contributed by atoms with Crippen molar-refractivity contribution in [3.8, 4) is 22.8 Å². The lowest BCUT2D eigenvalue weighted by Crippen LogP contribution is -2.01. The number of pyridine rings is 1. The van der Waals surface area contributed by atoms with E-state index in [9.17, 15) is 0 Å². The summed E-state index contributed by atoms with van der Waals surface area (Å²) in [7, 11) is 0. The summed E-state index contributed by atoms with van der Waals surface area (Å²) in [4.78, 5) is 12.9. The Kier molecular flexibility index (Phi) is 6.69. The highest BCUT2D eigenvalue weighted by atomic mass is 16.5. The number of aliphatic hydroxyl groups excluding tert-OH is 1. The SMILES string of the molecule is Nc1nc(Nc2ccc(Oc3ccnc(/C=C/CCO)c3)cc2)cc(-c2ccccc2)n1. The zero-order valence-electron chi connectivity index (χ0n) is 17.3. The van der Waals surface area contributed by atoms with Gasteiger partial charge < -0.3 is 20.9 Å². The highest BCUT2D eigenvalue weighted by Gasteiger charge is 2.06. The molecule has 0 amide bonds. The first kappa shape index (κ1) is 21.0. The van der Waals surface area contributed by atoms with Gasteiger partial charge in [0.05, 0.1) is 11.4 Å². The van der Waals surface area contributed by atoms with Crippen LogP contribution in [0.3, 0.4) is 0 Å². The molecule has 0 atom stereocenters. The van der Waals surface area contributed by atoms with E-state index in [0.717, 1.165) is 22.6 Å². The molecule has 4 aromatic rings. The number of nitrogens with two attached hydrogens (primary N) is 1. The van der Waals surface area contributed by atoms with Crippen LogP contribution in [0.15, 0.2) is 85.1 Å². The third-order valence-electron chi connectivity index (χ3n) is 4.51. The number of hydrogen-bond donors (Lipinski definition) is 3. The first-order valence-corrected chi connectivity index (χ1v) is 10.2. The predicted molar refractivity (Wildman–Crippen MR) is 127 cm³/mol. The van der Waals surface area contributed by atoms with Crippen molar-refractivity contribution in [1.29, 1.82) is 0 Å². The molecule has 160 valence electrons. The van der Waals surface area contributed by atoms with E-state index in [4.69, 9.17) is 15.6 Å². The fourth-order valence-electron chi connectivity index (χ4n) is 3.04. The van der Waals surface area contributed by atoms with E-state index in [2.05, 4.69) is 20.3 Å². The summed E-state index contributed by atoms with van der Waals surface area (Å²) >= 11 is 0. The van der Waals surface area contributed by atoms with Crippen molar-refractivity contribution in [1.82, 2.24) is 15.0 Å². The molecule has 0 radical (unpaired) electrons. The molecule has 2 aromatic carbocycles. The van der Waals surface area contributed by atoms with Gasteiger partial charge in [-0.2, -0.15) is 4.98 Å². The van der Waals surface area contributed by atoms with Crippen LogP contribution in [0.5, 0.6) is 11.5 Å². The quantitative estimate of drug-likeness (QED) is 0.362. The average Bonchev–Trinajstić information content (AvgIpc) is 2.81. The molecule has 0 spiro atoms. The summed E-state index contributed by atoms with van der Waals surface area (Å²) in [5, 5.41) is 12.1. The molecule has 2 aromatic heterocycles. The maximum Gasteiger partial charge on any atom is 0.222 e. The van der Waals surface area contributed by atoms with Gasteiger partial charge in [0.25, 0.3) is 0 Å². The highest BCUT2D eigenvalue weighted by molar-refractivity contribution is 5.67. The van der Waals surface area contributed by atoms with Crippen LogP contribution in [0.25, 0.3) is 17.3 Å². The van der Waals surface area contributed by atoms with Crippen LogP contribution >= 0.6 is 0 Å². The minimum absolute atomic E-state index is 0.113. The van der Waals surface area contributed by atoms with Gasteiger partial charge in [0.2, 0.25) is 5.95 Å². The summed E-state index contributed by atoms with van der Waals surface area (Å²) in [6, 6.07) is 22.9. The standard InChI is InChI=1S/C25H23N5O2/c26-25-29-23(18-6-2-1-3-7-18)17-24(30-25)28-19-9-11-21(12-10-19)32-22-13-14-27-20(16-22)8-4-5-15-31/h1-4,6-14,16-17,31H,5,15H2,(H3,26,28,29,30)/b8-4+. The van der Waals surface area contributed by atoms with Crippen LogP contribution in [0.2, 0.25) is 0 Å². The smallest absolute Gasteiger partial charge is 0.222 e. The van der Waals surface area contributed by atoms with E-state index in [1.807, 2.05) is 78.9 Å². The number of hydrogen-bond acceptors (Lipinski definition) is 7. The van der Waals surface area contributed by atoms with Gasteiger partial charge in [0.15, 0.2) is 0 Å². The zero-order chi connectivity index (χ0) is 22.2. The molecule has 0 saturated carbocycles. The number of aliphatic hydroxyl groups is 1. The van der Waals surface area contributed by atoms with Gasteiger partial charge in [-0.05, 0) is 42.8 Å². The Morgan fingerprint density at radius 2 is 1.75 bits per heavy atom. The fraction of sp³-hybridized carbons (Fsp3) is 0.0800. The summed E-state index contributed by atoms with van der Waals surface area (Å²) in [6.45, 7) is 0.113. The van der Waals surface area contributed by atoms with Gasteiger partial charge in [-0.25, -0.2) is 4.98 Å². The van der Waals surface area contributed by atoms with Crippen molar-refractivity contribution < 1.29 is 9.84 Å². The minimum atomic E-state index is 0.113. The van der Waals surface area contributed by atoms with Gasteiger partial charge in [0.1, 0.15) is 17.3 Å². The van der Waals surface area contributed by atoms with Gasteiger partial charge in [-0.15, -0.1) is 0 Å². The van der Waals surface area contributed by atoms with Crippen LogP contribution in [-0.4, -0.2) is 26.7 Å². The molecule has 7 nitrogen and oxygen atoms in total. The number of ether oxygens (including phenoxy) is 1. The van der Waals surface area contributed by atoms with Crippen molar-refractivity contribution in [3.63, 3.8) is 0 Å². The molecule has 0 unspecified atom stereocenters. The predicted octanol–water partition coefficient (Wildman–Crippen LogP) is 5.05. The Morgan fingerprint density at radius 3 is 2.53 bits per heavy atom. The third kappa shape index (κ3) is 5.68. The first-order chi connectivity index (χ1) is 15.7. The Balaban J connectivity index is 1.45. The number of benzene rings is 2. The van der Waals surface area contributed by atoms with Crippen molar-refractivity contribution in [2.24, 2.45) is 0 Å². The van der Waals surface area contributed by atoms with E-state index >= 15 is 0 Å². The van der Waals surface area contributed by atoms with Crippen molar-refractivity contribution in [2.75, 3.05) is 17.7 Å². The molecule has 0 fully saturated rings. The number of nitrogens with zero attached hydrogens (tertiary/aromatic N) is 3. The summed E-state index contributed by atoms with van der Waals surface area (Å²) < 4.78 is 5.93. The third-order valence-corrected chi connectivity index (χ3v) is 4.51. The molecule has 0 saturated heterocycles. The molecular formula is C25H23N5O2. The maximum absolute atomic E-state index is 8.87. The zero-order valence-corrected chi connectivity index (χ0v) is 17.3. The number of anilines is 3. The van der Waals surface area contributed by atoms with Crippen LogP contribution in [0.1, 0.15) is 12.1 Å². The Labute approximate surface area is 186 Å². The molecule has 0 bridgehead atoms. The van der Waals surface area contributed by atoms with Gasteiger partial charge in [0, 0.05) is 36.2 Å². The topological polar surface area (TPSA) is 106 Å². The summed E-state index contributed by atoms with van der Waals surface area (Å²) in [5.41, 5.74) is 9.24. The fourth-order valence-corrected chi connectivity index (χ4v) is 3.04. The number of nitrogens with one attached hydrogen (secondary N) is 1. The number of rotatable bonds is 8. The van der Waals surface area contributed by atoms with E-state index in [0.29, 0.717) is 23.7 Å². The van der Waals surface area contributed by atoms with Gasteiger partial charge >= 0.3 is 0 Å². The lowest BCUT2D eigenvalue weighted by atomic mass is 10.1. The monoisotopic (exact) mass is 425 g/mol. The lowest BCUT2D eigenvalue weighted by molar-refractivity contribution is 0.303. The highest BCUT2D eigenvalue weighted by Crippen LogP contribution is 2.26. The largest absolute Gasteiger partial charge is 0.457 e. The maximum atomic E-state index is 8.87. The van der Waals surface area contributed by atoms with Gasteiger partial charge in [-0.3, -0.25) is 4.98 Å². The summed E-state index contributed by atoms with van der Waals surface area (Å²) in [5.74, 6) is 2.19. The van der Waals surface area contributed by atoms with E-state index in [1.165, 1.54) is 0 Å². The van der Waals surface area contributed by atoms with E-state index in [1.54, 1.807) is 12.3 Å². The van der Waals surface area contributed by atoms with Crippen molar-refractivity contribution >= 4 is 23.5 Å². The van der Waals surface area contributed by atoms with Crippen molar-refractivity contribution in [2.45, 2.75) is 6.42 Å². The van der Waals surface area contributed by atoms with E-state index in [-0.39, 0.29) is 12.6 Å². The lowest BCUT2D eigenvalue weighted by Gasteiger charge is -2.10. The van der Waals surface area contributed by atoms with Gasteiger partial charge in [-0.1, -0.05) is 36.4 Å². The molecular weight excluding hydrogens is 402 g/mol. The van der Waals surface area contributed by atoms with Crippen LogP contribution < -0.4 is 15.8 Å². The molecule has 4 N–H and O–H groups in total. The van der Waals surface area contributed by atoms with Crippen molar-refractivity contribution in [3.05, 3.63) is 90.8 Å². The van der Waals surface area contributed by atoms with Crippen LogP contribution in [0, 0.1) is 0 Å². The minimum Gasteiger partial charge on any atom is -0.457 e. The molecule has 7 heteroatoms. The molecule has 4 rings (SSSR count). The van der Waals surface area contributed by atoms with E-state index < -0.39 is 0 Å². The summed E-state index contributed by atoms with van der Waals surface area (Å²) in [6.07, 6.45) is 6.00. The normalized spacial score (nSPS) is 10.9. The Hall–Kier alpha value is -4.23. The first-order valence-electron chi connectivity index (χ1n) is 10.2. The second-order valence-corrected chi connectivity index (χ2v) is 6.95.